The van der Waals surface area contributed by atoms with Crippen molar-refractivity contribution < 1.29 is 26.2 Å². The molecule has 0 aliphatic rings. The summed E-state index contributed by atoms with van der Waals surface area (Å²) >= 11 is 7.40. The van der Waals surface area contributed by atoms with Gasteiger partial charge in [-0.15, -0.1) is 0 Å². The van der Waals surface area contributed by atoms with Gasteiger partial charge in [-0.25, -0.2) is 34.8 Å². The van der Waals surface area contributed by atoms with E-state index in [0.29, 0.717) is 0 Å². The fraction of sp³-hybridized carbons (Fsp3) is 0. The Morgan fingerprint density at radius 2 is 0.882 bits per heavy atom. The molecule has 0 radical (unpaired) electrons. The van der Waals surface area contributed by atoms with E-state index in [1.165, 1.54) is 10.8 Å². The van der Waals surface area contributed by atoms with E-state index in [0.717, 1.165) is 0 Å². The molecule has 0 aromatic heterocycles. The van der Waals surface area contributed by atoms with Crippen molar-refractivity contribution in [3.8, 4) is 10.8 Å². The normalized spacial score (nSPS) is 5.53. The van der Waals surface area contributed by atoms with Crippen LogP contribution in [0.3, 0.4) is 0 Å². The molecule has 0 saturated carbocycles. The molecule has 0 spiro atoms. The first-order valence-corrected chi connectivity index (χ1v) is 5.01. The van der Waals surface area contributed by atoms with Gasteiger partial charge in [0.1, 0.15) is 0 Å². The summed E-state index contributed by atoms with van der Waals surface area (Å²) < 4.78 is 0. The third-order valence-electron chi connectivity index (χ3n) is 1.11. The second-order valence-electron chi connectivity index (χ2n) is 2.11. The van der Waals surface area contributed by atoms with Gasteiger partial charge >= 0.3 is 26.2 Å². The van der Waals surface area contributed by atoms with E-state index in [4.69, 9.17) is 10.5 Å². The molecule has 0 amide bonds. The predicted octanol–water partition coefficient (Wildman–Crippen LogP) is 2.84. The van der Waals surface area contributed by atoms with Gasteiger partial charge in [0.25, 0.3) is 0 Å². The summed E-state index contributed by atoms with van der Waals surface area (Å²) in [5.41, 5.74) is 0. The first-order valence-electron chi connectivity index (χ1n) is 4.19. The number of hydrogen-bond acceptors (Lipinski definition) is 4. The zero-order valence-corrected chi connectivity index (χ0v) is 13.1. The van der Waals surface area contributed by atoms with Gasteiger partial charge in [0.15, 0.2) is 0 Å². The van der Waals surface area contributed by atoms with Crippen LogP contribution in [0.25, 0.3) is 0 Å². The van der Waals surface area contributed by atoms with Crippen LogP contribution in [0.15, 0.2) is 60.7 Å². The minimum atomic E-state index is 0. The number of thiocyanates is 2. The summed E-state index contributed by atoms with van der Waals surface area (Å²) in [6, 6.07) is 20.0. The summed E-state index contributed by atoms with van der Waals surface area (Å²) in [5.74, 6) is 0. The standard InChI is InChI=1S/2C5H5.2CHNS.Zr/c2*1-2-4-5-3-1;2*2-1-3;/h2*1-5H;2*3H;/q2*-1;;;+4/p-2. The minimum absolute atomic E-state index is 0. The molecular weight excluding hydrogens is 328 g/mol. The topological polar surface area (TPSA) is 47.6 Å². The Kier molecular flexibility index (Phi) is 30.5. The quantitative estimate of drug-likeness (QED) is 0.421. The van der Waals surface area contributed by atoms with E-state index in [1.54, 1.807) is 0 Å². The van der Waals surface area contributed by atoms with Gasteiger partial charge in [0, 0.05) is 0 Å². The van der Waals surface area contributed by atoms with E-state index in [9.17, 15) is 0 Å². The molecular formula is C12H10N2S2Zr. The molecule has 0 saturated heterocycles. The monoisotopic (exact) mass is 336 g/mol. The summed E-state index contributed by atoms with van der Waals surface area (Å²) in [4.78, 5) is 0. The van der Waals surface area contributed by atoms with Crippen molar-refractivity contribution >= 4 is 25.3 Å². The second kappa shape index (κ2) is 24.3. The van der Waals surface area contributed by atoms with Crippen molar-refractivity contribution in [1.29, 1.82) is 10.5 Å². The number of rotatable bonds is 0. The molecule has 5 heteroatoms. The first kappa shape index (κ1) is 21.3. The SMILES string of the molecule is N#C[S-].N#C[S-].[Zr+4].c1cc[cH-]c1.c1cc[cH-]c1. The van der Waals surface area contributed by atoms with E-state index < -0.39 is 0 Å². The van der Waals surface area contributed by atoms with Crippen LogP contribution in [0.4, 0.5) is 0 Å². The molecule has 0 atom stereocenters. The summed E-state index contributed by atoms with van der Waals surface area (Å²) in [5, 5.41) is 16.9. The fourth-order valence-corrected chi connectivity index (χ4v) is 0.642. The minimum Gasteiger partial charge on any atom is -0.696 e. The van der Waals surface area contributed by atoms with E-state index >= 15 is 0 Å². The molecule has 17 heavy (non-hydrogen) atoms. The van der Waals surface area contributed by atoms with Crippen LogP contribution in [0.5, 0.6) is 0 Å². The van der Waals surface area contributed by atoms with Crippen LogP contribution in [-0.2, 0) is 51.5 Å². The smallest absolute Gasteiger partial charge is 0.696 e. The molecule has 2 nitrogen and oxygen atoms in total. The third-order valence-corrected chi connectivity index (χ3v) is 1.11. The summed E-state index contributed by atoms with van der Waals surface area (Å²) in [7, 11) is 0. The molecule has 0 bridgehead atoms. The zero-order chi connectivity index (χ0) is 12.5. The Balaban J connectivity index is -0.000000157. The Morgan fingerprint density at radius 1 is 0.706 bits per heavy atom. The molecule has 0 aliphatic carbocycles. The van der Waals surface area contributed by atoms with Gasteiger partial charge in [0.05, 0.1) is 0 Å². The summed E-state index contributed by atoms with van der Waals surface area (Å²) in [6.07, 6.45) is 0. The van der Waals surface area contributed by atoms with Crippen molar-refractivity contribution in [3.63, 3.8) is 0 Å². The zero-order valence-electron chi connectivity index (χ0n) is 8.98. The van der Waals surface area contributed by atoms with Gasteiger partial charge < -0.3 is 25.3 Å². The number of nitrogens with zero attached hydrogens (tertiary/aromatic N) is 2. The number of nitriles is 2. The molecule has 0 aliphatic heterocycles. The first-order chi connectivity index (χ1) is 7.83. The van der Waals surface area contributed by atoms with Gasteiger partial charge in [-0.1, -0.05) is 10.8 Å². The van der Waals surface area contributed by atoms with Crippen LogP contribution in [0.2, 0.25) is 0 Å². The van der Waals surface area contributed by atoms with Crippen LogP contribution < -0.4 is 0 Å². The van der Waals surface area contributed by atoms with Gasteiger partial charge in [-0.3, -0.25) is 0 Å². The van der Waals surface area contributed by atoms with Crippen molar-refractivity contribution in [3.05, 3.63) is 60.7 Å². The maximum absolute atomic E-state index is 7.13. The molecule has 84 valence electrons. The molecule has 0 unspecified atom stereocenters. The van der Waals surface area contributed by atoms with Gasteiger partial charge in [-0.05, 0) is 0 Å². The van der Waals surface area contributed by atoms with Gasteiger partial charge in [-0.2, -0.15) is 36.4 Å². The van der Waals surface area contributed by atoms with Gasteiger partial charge in [0.2, 0.25) is 0 Å². The fourth-order valence-electron chi connectivity index (χ4n) is 0.642. The van der Waals surface area contributed by atoms with Crippen LogP contribution in [-0.4, -0.2) is 0 Å². The molecule has 0 fully saturated rings. The van der Waals surface area contributed by atoms with Crippen molar-refractivity contribution in [2.45, 2.75) is 0 Å². The average molecular weight is 338 g/mol. The Morgan fingerprint density at radius 3 is 0.941 bits per heavy atom. The Hall–Kier alpha value is -0.997. The predicted molar refractivity (Wildman–Crippen MR) is 70.0 cm³/mol. The Labute approximate surface area is 133 Å². The molecule has 0 N–H and O–H groups in total. The molecule has 2 aromatic carbocycles. The van der Waals surface area contributed by atoms with E-state index in [2.05, 4.69) is 25.3 Å². The maximum Gasteiger partial charge on any atom is 4.00 e. The van der Waals surface area contributed by atoms with Crippen LogP contribution in [0.1, 0.15) is 0 Å². The third kappa shape index (κ3) is 31.3. The van der Waals surface area contributed by atoms with Crippen molar-refractivity contribution in [1.82, 2.24) is 0 Å². The van der Waals surface area contributed by atoms with Crippen molar-refractivity contribution in [2.24, 2.45) is 0 Å². The molecule has 2 rings (SSSR count). The molecule has 0 heterocycles. The maximum atomic E-state index is 7.13. The number of hydrogen-bond donors (Lipinski definition) is 0. The van der Waals surface area contributed by atoms with Crippen molar-refractivity contribution in [2.75, 3.05) is 0 Å². The average Bonchev–Trinajstić information content (AvgIpc) is 3.00. The van der Waals surface area contributed by atoms with E-state index in [1.807, 2.05) is 60.7 Å². The van der Waals surface area contributed by atoms with Crippen LogP contribution >= 0.6 is 0 Å². The van der Waals surface area contributed by atoms with E-state index in [-0.39, 0.29) is 26.2 Å². The van der Waals surface area contributed by atoms with Crippen LogP contribution in [0, 0.1) is 21.3 Å². The largest absolute Gasteiger partial charge is 4.00 e. The second-order valence-corrected chi connectivity index (χ2v) is 2.47. The molecule has 2 aromatic rings. The Bertz CT molecular complexity index is 285. The summed E-state index contributed by atoms with van der Waals surface area (Å²) in [6.45, 7) is 0.